The molecule has 1 rings (SSSR count). The predicted molar refractivity (Wildman–Crippen MR) is 59.2 cm³/mol. The molecule has 0 spiro atoms. The smallest absolute Gasteiger partial charge is 0.156 e. The molecule has 0 aromatic heterocycles. The second-order valence-corrected chi connectivity index (χ2v) is 3.62. The Morgan fingerprint density at radius 3 is 2.71 bits per heavy atom. The molecule has 3 heteroatoms. The van der Waals surface area contributed by atoms with Crippen molar-refractivity contribution in [2.24, 2.45) is 0 Å². The number of carbonyl (C=O) groups is 1. The Morgan fingerprint density at radius 1 is 1.36 bits per heavy atom. The monoisotopic (exact) mass is 254 g/mol. The van der Waals surface area contributed by atoms with E-state index in [1.54, 1.807) is 6.08 Å². The van der Waals surface area contributed by atoms with Gasteiger partial charge in [-0.25, -0.2) is 0 Å². The van der Waals surface area contributed by atoms with Gasteiger partial charge in [0.2, 0.25) is 0 Å². The summed E-state index contributed by atoms with van der Waals surface area (Å²) in [6, 6.07) is 9.90. The van der Waals surface area contributed by atoms with Gasteiger partial charge in [-0.2, -0.15) is 0 Å². The van der Waals surface area contributed by atoms with Crippen molar-refractivity contribution in [1.82, 2.24) is 0 Å². The van der Waals surface area contributed by atoms with Crippen LogP contribution in [-0.2, 0) is 16.1 Å². The highest BCUT2D eigenvalue weighted by Gasteiger charge is 1.90. The summed E-state index contributed by atoms with van der Waals surface area (Å²) in [7, 11) is 0. The molecule has 0 fully saturated rings. The van der Waals surface area contributed by atoms with Crippen molar-refractivity contribution in [2.75, 3.05) is 6.61 Å². The average Bonchev–Trinajstić information content (AvgIpc) is 2.25. The van der Waals surface area contributed by atoms with Crippen LogP contribution in [0, 0.1) is 0 Å². The molecule has 0 saturated carbocycles. The van der Waals surface area contributed by atoms with Gasteiger partial charge in [0.05, 0.1) is 17.7 Å². The number of halogens is 1. The summed E-state index contributed by atoms with van der Waals surface area (Å²) in [6.07, 6.45) is 2.43. The molecular weight excluding hydrogens is 244 g/mol. The van der Waals surface area contributed by atoms with Gasteiger partial charge < -0.3 is 4.74 Å². The van der Waals surface area contributed by atoms with Crippen LogP contribution in [0.3, 0.4) is 0 Å². The minimum atomic E-state index is 0.439. The molecule has 0 aliphatic carbocycles. The number of hydrogen-bond donors (Lipinski definition) is 0. The van der Waals surface area contributed by atoms with Gasteiger partial charge in [0.25, 0.3) is 0 Å². The predicted octanol–water partition coefficient (Wildman–Crippen LogP) is 2.68. The zero-order valence-corrected chi connectivity index (χ0v) is 9.24. The van der Waals surface area contributed by atoms with E-state index in [1.807, 2.05) is 30.3 Å². The number of benzene rings is 1. The summed E-state index contributed by atoms with van der Waals surface area (Å²) in [6.45, 7) is 1.00. The van der Waals surface area contributed by atoms with Crippen molar-refractivity contribution in [3.8, 4) is 0 Å². The van der Waals surface area contributed by atoms with Crippen LogP contribution in [0.2, 0.25) is 0 Å². The maximum atomic E-state index is 10.2. The Labute approximate surface area is 91.7 Å². The van der Waals surface area contributed by atoms with E-state index in [0.717, 1.165) is 11.8 Å². The van der Waals surface area contributed by atoms with E-state index in [2.05, 4.69) is 15.9 Å². The lowest BCUT2D eigenvalue weighted by Gasteiger charge is -2.00. The third-order valence-corrected chi connectivity index (χ3v) is 2.13. The van der Waals surface area contributed by atoms with Crippen LogP contribution in [-0.4, -0.2) is 12.9 Å². The summed E-state index contributed by atoms with van der Waals surface area (Å²) in [5.41, 5.74) is 1.13. The van der Waals surface area contributed by atoms with Crippen LogP contribution in [0.25, 0.3) is 0 Å². The number of ether oxygens (including phenoxy) is 1. The molecule has 14 heavy (non-hydrogen) atoms. The summed E-state index contributed by atoms with van der Waals surface area (Å²) >= 11 is 3.08. The van der Waals surface area contributed by atoms with Gasteiger partial charge in [0.1, 0.15) is 0 Å². The third kappa shape index (κ3) is 4.35. The normalized spacial score (nSPS) is 11.4. The Bertz CT molecular complexity index is 306. The lowest BCUT2D eigenvalue weighted by molar-refractivity contribution is -0.104. The van der Waals surface area contributed by atoms with E-state index in [9.17, 15) is 4.79 Å². The van der Waals surface area contributed by atoms with E-state index in [0.29, 0.717) is 17.7 Å². The molecular formula is C11H11BrO2. The summed E-state index contributed by atoms with van der Waals surface area (Å²) in [4.78, 5) is 10.2. The van der Waals surface area contributed by atoms with Crippen LogP contribution in [0.4, 0.5) is 0 Å². The van der Waals surface area contributed by atoms with Crippen molar-refractivity contribution < 1.29 is 9.53 Å². The first kappa shape index (κ1) is 11.1. The second kappa shape index (κ2) is 6.51. The third-order valence-electron chi connectivity index (χ3n) is 1.62. The standard InChI is InChI=1S/C11H11BrO2/c12-11(8-13)6-7-14-9-10-4-2-1-3-5-10/h1-6,8H,7,9H2. The van der Waals surface area contributed by atoms with Crippen LogP contribution in [0.1, 0.15) is 5.56 Å². The quantitative estimate of drug-likeness (QED) is 0.459. The van der Waals surface area contributed by atoms with Crippen LogP contribution in [0.5, 0.6) is 0 Å². The van der Waals surface area contributed by atoms with Gasteiger partial charge in [-0.3, -0.25) is 4.79 Å². The van der Waals surface area contributed by atoms with Gasteiger partial charge in [-0.15, -0.1) is 0 Å². The topological polar surface area (TPSA) is 26.3 Å². The summed E-state index contributed by atoms with van der Waals surface area (Å²) in [5.74, 6) is 0. The summed E-state index contributed by atoms with van der Waals surface area (Å²) in [5, 5.41) is 0. The Balaban J connectivity index is 2.26. The minimum Gasteiger partial charge on any atom is -0.373 e. The molecule has 0 radical (unpaired) electrons. The Kier molecular flexibility index (Phi) is 5.19. The highest BCUT2D eigenvalue weighted by atomic mass is 79.9. The fraction of sp³-hybridized carbons (Fsp3) is 0.182. The van der Waals surface area contributed by atoms with Crippen molar-refractivity contribution in [2.45, 2.75) is 6.61 Å². The van der Waals surface area contributed by atoms with Gasteiger partial charge in [0.15, 0.2) is 6.29 Å². The number of hydrogen-bond acceptors (Lipinski definition) is 2. The largest absolute Gasteiger partial charge is 0.373 e. The van der Waals surface area contributed by atoms with Crippen LogP contribution >= 0.6 is 15.9 Å². The average molecular weight is 255 g/mol. The maximum Gasteiger partial charge on any atom is 0.156 e. The molecule has 74 valence electrons. The number of carbonyl (C=O) groups excluding carboxylic acids is 1. The molecule has 0 bridgehead atoms. The molecule has 0 heterocycles. The first-order chi connectivity index (χ1) is 6.83. The molecule has 0 aliphatic heterocycles. The first-order valence-electron chi connectivity index (χ1n) is 4.25. The maximum absolute atomic E-state index is 10.2. The zero-order chi connectivity index (χ0) is 10.2. The van der Waals surface area contributed by atoms with Gasteiger partial charge in [-0.05, 0) is 27.6 Å². The van der Waals surface area contributed by atoms with E-state index in [4.69, 9.17) is 4.74 Å². The lowest BCUT2D eigenvalue weighted by Crippen LogP contribution is -1.92. The molecule has 0 unspecified atom stereocenters. The van der Waals surface area contributed by atoms with Gasteiger partial charge in [-0.1, -0.05) is 30.3 Å². The highest BCUT2D eigenvalue weighted by molar-refractivity contribution is 9.12. The Hall–Kier alpha value is -0.930. The lowest BCUT2D eigenvalue weighted by atomic mass is 10.2. The molecule has 0 amide bonds. The molecule has 0 aliphatic rings. The minimum absolute atomic E-state index is 0.439. The van der Waals surface area contributed by atoms with Gasteiger partial charge >= 0.3 is 0 Å². The molecule has 0 atom stereocenters. The fourth-order valence-electron chi connectivity index (χ4n) is 0.938. The van der Waals surface area contributed by atoms with E-state index in [-0.39, 0.29) is 0 Å². The zero-order valence-electron chi connectivity index (χ0n) is 7.65. The van der Waals surface area contributed by atoms with E-state index in [1.165, 1.54) is 0 Å². The van der Waals surface area contributed by atoms with E-state index >= 15 is 0 Å². The second-order valence-electron chi connectivity index (χ2n) is 2.71. The van der Waals surface area contributed by atoms with Crippen molar-refractivity contribution in [1.29, 1.82) is 0 Å². The number of rotatable bonds is 5. The van der Waals surface area contributed by atoms with Crippen LogP contribution in [0.15, 0.2) is 40.9 Å². The molecule has 0 saturated heterocycles. The van der Waals surface area contributed by atoms with Crippen LogP contribution < -0.4 is 0 Å². The Morgan fingerprint density at radius 2 is 2.07 bits per heavy atom. The first-order valence-corrected chi connectivity index (χ1v) is 5.04. The summed E-state index contributed by atoms with van der Waals surface area (Å²) < 4.78 is 5.85. The number of aldehydes is 1. The van der Waals surface area contributed by atoms with E-state index < -0.39 is 0 Å². The molecule has 1 aromatic carbocycles. The van der Waals surface area contributed by atoms with Crippen molar-refractivity contribution >= 4 is 22.2 Å². The van der Waals surface area contributed by atoms with Crippen molar-refractivity contribution in [3.05, 3.63) is 46.5 Å². The molecule has 0 N–H and O–H groups in total. The SMILES string of the molecule is O=CC(Br)=CCOCc1ccccc1. The molecule has 2 nitrogen and oxygen atoms in total. The highest BCUT2D eigenvalue weighted by Crippen LogP contribution is 2.02. The number of allylic oxidation sites excluding steroid dienone is 1. The van der Waals surface area contributed by atoms with Crippen molar-refractivity contribution in [3.63, 3.8) is 0 Å². The fourth-order valence-corrected chi connectivity index (χ4v) is 1.07. The van der Waals surface area contributed by atoms with Gasteiger partial charge in [0, 0.05) is 0 Å². The molecule has 1 aromatic rings.